The van der Waals surface area contributed by atoms with Gasteiger partial charge in [0.2, 0.25) is 5.91 Å². The zero-order chi connectivity index (χ0) is 45.9. The van der Waals surface area contributed by atoms with Crippen LogP contribution in [0.2, 0.25) is 0 Å². The second kappa shape index (κ2) is 33.9. The lowest BCUT2D eigenvalue weighted by molar-refractivity contribution is -0.124. The Morgan fingerprint density at radius 1 is 0.492 bits per heavy atom. The van der Waals surface area contributed by atoms with Gasteiger partial charge in [0.1, 0.15) is 11.7 Å². The number of allylic oxidation sites excluding steroid dienone is 1. The number of hydrogen-bond donors (Lipinski definition) is 1. The summed E-state index contributed by atoms with van der Waals surface area (Å²) in [6, 6.07) is 39.4. The molecule has 1 unspecified atom stereocenters. The van der Waals surface area contributed by atoms with E-state index in [1.807, 2.05) is 78.9 Å². The summed E-state index contributed by atoms with van der Waals surface area (Å²) in [4.78, 5) is 27.9. The van der Waals surface area contributed by atoms with E-state index in [1.54, 1.807) is 12.1 Å². The van der Waals surface area contributed by atoms with Crippen LogP contribution >= 0.6 is 0 Å². The molecule has 4 rings (SSSR count). The summed E-state index contributed by atoms with van der Waals surface area (Å²) in [5.74, 6) is -0.475. The molecular formula is C60H85NO4. The number of nitrogens with one attached hydrogen (secondary N) is 1. The van der Waals surface area contributed by atoms with Crippen LogP contribution in [0.15, 0.2) is 133 Å². The number of benzene rings is 4. The molecule has 1 N–H and O–H groups in total. The highest BCUT2D eigenvalue weighted by atomic mass is 16.5. The Balaban J connectivity index is 1.49. The van der Waals surface area contributed by atoms with Gasteiger partial charge in [-0.15, -0.1) is 0 Å². The number of amides is 1. The van der Waals surface area contributed by atoms with Crippen LogP contribution < -0.4 is 5.32 Å². The number of rotatable bonds is 37. The van der Waals surface area contributed by atoms with Gasteiger partial charge < -0.3 is 14.8 Å². The fourth-order valence-electron chi connectivity index (χ4n) is 8.96. The van der Waals surface area contributed by atoms with Gasteiger partial charge in [-0.3, -0.25) is 4.79 Å². The van der Waals surface area contributed by atoms with Gasteiger partial charge in [-0.05, 0) is 54.2 Å². The van der Waals surface area contributed by atoms with Crippen molar-refractivity contribution in [2.45, 2.75) is 199 Å². The van der Waals surface area contributed by atoms with Crippen LogP contribution in [0.4, 0.5) is 0 Å². The molecule has 0 aliphatic rings. The highest BCUT2D eigenvalue weighted by Crippen LogP contribution is 2.40. The Hall–Kier alpha value is -4.48. The molecule has 0 aliphatic heterocycles. The quantitative estimate of drug-likeness (QED) is 0.0212. The molecular weight excluding hydrogens is 799 g/mol. The van der Waals surface area contributed by atoms with Crippen LogP contribution in [-0.4, -0.2) is 30.6 Å². The Morgan fingerprint density at radius 2 is 0.862 bits per heavy atom. The first kappa shape index (κ1) is 53.1. The SMILES string of the molecule is CCCCCCCCCCCCC/C=C/C(OC(=O)c1ccccc1)[C@H](COC(c1ccccc1)(c1ccccc1)c1ccccc1)NC(=O)CCCCCCCCCCCCCCC. The number of carbonyl (C=O) groups excluding carboxylic acids is 2. The van der Waals surface area contributed by atoms with Crippen molar-refractivity contribution in [3.8, 4) is 0 Å². The highest BCUT2D eigenvalue weighted by Gasteiger charge is 2.39. The van der Waals surface area contributed by atoms with Crippen molar-refractivity contribution in [3.63, 3.8) is 0 Å². The summed E-state index contributed by atoms with van der Waals surface area (Å²) in [5, 5.41) is 3.35. The lowest BCUT2D eigenvalue weighted by Crippen LogP contribution is -2.49. The van der Waals surface area contributed by atoms with Crippen LogP contribution in [0.25, 0.3) is 0 Å². The second-order valence-electron chi connectivity index (χ2n) is 18.2. The van der Waals surface area contributed by atoms with Gasteiger partial charge in [0.25, 0.3) is 0 Å². The van der Waals surface area contributed by atoms with E-state index in [0.29, 0.717) is 12.0 Å². The molecule has 0 saturated carbocycles. The van der Waals surface area contributed by atoms with Gasteiger partial charge in [-0.25, -0.2) is 4.79 Å². The molecule has 0 bridgehead atoms. The summed E-state index contributed by atoms with van der Waals surface area (Å²) in [6.45, 7) is 4.64. The third kappa shape index (κ3) is 20.7. The van der Waals surface area contributed by atoms with Crippen molar-refractivity contribution in [2.75, 3.05) is 6.61 Å². The molecule has 0 aromatic heterocycles. The summed E-state index contributed by atoms with van der Waals surface area (Å²) in [6.07, 6.45) is 35.1. The number of esters is 1. The maximum Gasteiger partial charge on any atom is 0.338 e. The smallest absolute Gasteiger partial charge is 0.338 e. The first-order valence-electron chi connectivity index (χ1n) is 26.1. The molecule has 0 spiro atoms. The third-order valence-electron chi connectivity index (χ3n) is 12.8. The predicted molar refractivity (Wildman–Crippen MR) is 273 cm³/mol. The monoisotopic (exact) mass is 884 g/mol. The molecule has 4 aromatic rings. The van der Waals surface area contributed by atoms with E-state index in [1.165, 1.54) is 128 Å². The molecule has 0 saturated heterocycles. The maximum atomic E-state index is 14.0. The van der Waals surface area contributed by atoms with Crippen LogP contribution in [-0.2, 0) is 19.9 Å². The molecule has 354 valence electrons. The van der Waals surface area contributed by atoms with E-state index in [-0.39, 0.29) is 12.5 Å². The molecule has 5 heteroatoms. The number of ether oxygens (including phenoxy) is 2. The lowest BCUT2D eigenvalue weighted by atomic mass is 9.80. The van der Waals surface area contributed by atoms with Gasteiger partial charge in [-0.2, -0.15) is 0 Å². The Labute approximate surface area is 395 Å². The summed E-state index contributed by atoms with van der Waals surface area (Å²) in [7, 11) is 0. The minimum absolute atomic E-state index is 0.0501. The summed E-state index contributed by atoms with van der Waals surface area (Å²) >= 11 is 0. The molecule has 1 amide bonds. The Bertz CT molecular complexity index is 1700. The zero-order valence-corrected chi connectivity index (χ0v) is 40.6. The fraction of sp³-hybridized carbons (Fsp3) is 0.533. The predicted octanol–water partition coefficient (Wildman–Crippen LogP) is 16.4. The topological polar surface area (TPSA) is 64.6 Å². The maximum absolute atomic E-state index is 14.0. The number of unbranched alkanes of at least 4 members (excludes halogenated alkanes) is 23. The van der Waals surface area contributed by atoms with Gasteiger partial charge in [-0.1, -0.05) is 270 Å². The molecule has 65 heavy (non-hydrogen) atoms. The molecule has 0 heterocycles. The average Bonchev–Trinajstić information content (AvgIpc) is 3.35. The van der Waals surface area contributed by atoms with Crippen molar-refractivity contribution < 1.29 is 19.1 Å². The summed E-state index contributed by atoms with van der Waals surface area (Å²) < 4.78 is 13.7. The van der Waals surface area contributed by atoms with Crippen molar-refractivity contribution in [3.05, 3.63) is 156 Å². The largest absolute Gasteiger partial charge is 0.452 e. The Kier molecular flexibility index (Phi) is 27.7. The van der Waals surface area contributed by atoms with E-state index < -0.39 is 23.7 Å². The lowest BCUT2D eigenvalue weighted by Gasteiger charge is -2.38. The van der Waals surface area contributed by atoms with E-state index in [0.717, 1.165) is 48.8 Å². The van der Waals surface area contributed by atoms with Crippen molar-refractivity contribution in [1.82, 2.24) is 5.32 Å². The minimum Gasteiger partial charge on any atom is -0.452 e. The molecule has 4 aromatic carbocycles. The second-order valence-corrected chi connectivity index (χ2v) is 18.2. The molecule has 2 atom stereocenters. The third-order valence-corrected chi connectivity index (χ3v) is 12.8. The summed E-state index contributed by atoms with van der Waals surface area (Å²) in [5.41, 5.74) is 2.38. The number of carbonyl (C=O) groups is 2. The standard InChI is InChI=1S/C60H85NO4/c1-3-5-7-9-11-13-15-17-19-21-23-25-39-49-57(65-59(63)52-41-31-27-32-42-52)56(61-58(62)50-40-26-24-22-20-18-16-14-12-10-8-6-4-2)51-64-60(53-43-33-28-34-44-53,54-45-35-29-36-46-54)55-47-37-30-38-48-55/h27-39,41-49,56-57H,3-26,40,50-51H2,1-2H3,(H,61,62)/b49-39+/t56-,57?/m0/s1. The van der Waals surface area contributed by atoms with Crippen LogP contribution in [0, 0.1) is 0 Å². The average molecular weight is 884 g/mol. The van der Waals surface area contributed by atoms with Crippen LogP contribution in [0.3, 0.4) is 0 Å². The first-order chi connectivity index (χ1) is 32.1. The van der Waals surface area contributed by atoms with Crippen LogP contribution in [0.5, 0.6) is 0 Å². The van der Waals surface area contributed by atoms with Gasteiger partial charge in [0, 0.05) is 6.42 Å². The molecule has 5 nitrogen and oxygen atoms in total. The van der Waals surface area contributed by atoms with Gasteiger partial charge in [0.15, 0.2) is 0 Å². The molecule has 0 radical (unpaired) electrons. The molecule has 0 aliphatic carbocycles. The number of hydrogen-bond acceptors (Lipinski definition) is 4. The zero-order valence-electron chi connectivity index (χ0n) is 40.6. The Morgan fingerprint density at radius 3 is 1.28 bits per heavy atom. The van der Waals surface area contributed by atoms with Crippen molar-refractivity contribution in [2.24, 2.45) is 0 Å². The van der Waals surface area contributed by atoms with Gasteiger partial charge >= 0.3 is 5.97 Å². The normalized spacial score (nSPS) is 12.6. The van der Waals surface area contributed by atoms with E-state index in [9.17, 15) is 9.59 Å². The first-order valence-corrected chi connectivity index (χ1v) is 26.1. The minimum atomic E-state index is -1.00. The highest BCUT2D eigenvalue weighted by molar-refractivity contribution is 5.89. The van der Waals surface area contributed by atoms with E-state index in [2.05, 4.69) is 61.6 Å². The van der Waals surface area contributed by atoms with E-state index in [4.69, 9.17) is 9.47 Å². The fourth-order valence-corrected chi connectivity index (χ4v) is 8.96. The van der Waals surface area contributed by atoms with Crippen molar-refractivity contribution in [1.29, 1.82) is 0 Å². The van der Waals surface area contributed by atoms with Crippen molar-refractivity contribution >= 4 is 11.9 Å². The van der Waals surface area contributed by atoms with Crippen LogP contribution in [0.1, 0.15) is 208 Å². The van der Waals surface area contributed by atoms with Gasteiger partial charge in [0.05, 0.1) is 18.2 Å². The molecule has 0 fully saturated rings. The van der Waals surface area contributed by atoms with E-state index >= 15 is 0 Å².